The number of nitrogens with one attached hydrogen (secondary N) is 1. The number of ether oxygens (including phenoxy) is 1. The number of hydrogen-bond donors (Lipinski definition) is 1. The molecule has 0 saturated heterocycles. The SMILES string of the molecule is COc1ccc2c(c1)n(CC1CCC(C(=O)Nc3cnccn3)CC1)c(=O)n2C. The molecule has 1 aliphatic rings. The number of rotatable bonds is 5. The quantitative estimate of drug-likeness (QED) is 0.717. The van der Waals surface area contributed by atoms with Gasteiger partial charge in [-0.15, -0.1) is 0 Å². The lowest BCUT2D eigenvalue weighted by atomic mass is 9.81. The third-order valence-electron chi connectivity index (χ3n) is 5.83. The van der Waals surface area contributed by atoms with E-state index < -0.39 is 0 Å². The molecule has 1 saturated carbocycles. The second-order valence-electron chi connectivity index (χ2n) is 7.60. The van der Waals surface area contributed by atoms with Crippen molar-refractivity contribution in [1.29, 1.82) is 0 Å². The van der Waals surface area contributed by atoms with Crippen molar-refractivity contribution in [3.63, 3.8) is 0 Å². The molecule has 4 rings (SSSR count). The smallest absolute Gasteiger partial charge is 0.328 e. The van der Waals surface area contributed by atoms with E-state index in [9.17, 15) is 9.59 Å². The molecule has 0 spiro atoms. The highest BCUT2D eigenvalue weighted by molar-refractivity contribution is 5.91. The highest BCUT2D eigenvalue weighted by Gasteiger charge is 2.27. The minimum absolute atomic E-state index is 0.00369. The van der Waals surface area contributed by atoms with Crippen LogP contribution in [0.2, 0.25) is 0 Å². The van der Waals surface area contributed by atoms with Gasteiger partial charge >= 0.3 is 5.69 Å². The highest BCUT2D eigenvalue weighted by atomic mass is 16.5. The number of hydrogen-bond acceptors (Lipinski definition) is 5. The topological polar surface area (TPSA) is 91.0 Å². The number of aryl methyl sites for hydroxylation is 1. The predicted molar refractivity (Wildman–Crippen MR) is 110 cm³/mol. The first-order valence-corrected chi connectivity index (χ1v) is 9.87. The molecule has 0 aliphatic heterocycles. The fourth-order valence-corrected chi connectivity index (χ4v) is 4.15. The first kappa shape index (κ1) is 19.2. The summed E-state index contributed by atoms with van der Waals surface area (Å²) in [4.78, 5) is 33.3. The van der Waals surface area contributed by atoms with Crippen LogP contribution in [0.15, 0.2) is 41.6 Å². The Bertz CT molecular complexity index is 1070. The molecule has 3 aromatic rings. The fourth-order valence-electron chi connectivity index (χ4n) is 4.15. The zero-order valence-electron chi connectivity index (χ0n) is 16.7. The number of benzene rings is 1. The Morgan fingerprint density at radius 1 is 1.21 bits per heavy atom. The minimum atomic E-state index is -0.0300. The van der Waals surface area contributed by atoms with E-state index in [0.29, 0.717) is 18.3 Å². The minimum Gasteiger partial charge on any atom is -0.497 e. The van der Waals surface area contributed by atoms with Crippen molar-refractivity contribution >= 4 is 22.8 Å². The van der Waals surface area contributed by atoms with Crippen molar-refractivity contribution in [2.45, 2.75) is 32.2 Å². The maximum absolute atomic E-state index is 12.7. The van der Waals surface area contributed by atoms with Crippen molar-refractivity contribution in [3.05, 3.63) is 47.3 Å². The molecule has 8 nitrogen and oxygen atoms in total. The number of amides is 1. The lowest BCUT2D eigenvalue weighted by molar-refractivity contribution is -0.121. The van der Waals surface area contributed by atoms with Crippen molar-refractivity contribution in [2.24, 2.45) is 18.9 Å². The molecule has 8 heteroatoms. The van der Waals surface area contributed by atoms with E-state index in [1.54, 1.807) is 37.3 Å². The Balaban J connectivity index is 1.43. The zero-order chi connectivity index (χ0) is 20.4. The number of carbonyl (C=O) groups is 1. The molecule has 1 N–H and O–H groups in total. The Kier molecular flexibility index (Phi) is 5.33. The van der Waals surface area contributed by atoms with Crippen LogP contribution in [0.3, 0.4) is 0 Å². The molecule has 1 aromatic carbocycles. The lowest BCUT2D eigenvalue weighted by Gasteiger charge is -2.27. The number of imidazole rings is 1. The summed E-state index contributed by atoms with van der Waals surface area (Å²) in [6.07, 6.45) is 8.11. The average molecular weight is 395 g/mol. The van der Waals surface area contributed by atoms with Crippen LogP contribution in [-0.4, -0.2) is 32.1 Å². The van der Waals surface area contributed by atoms with Gasteiger partial charge in [-0.05, 0) is 43.7 Å². The van der Waals surface area contributed by atoms with Crippen LogP contribution >= 0.6 is 0 Å². The number of aromatic nitrogens is 4. The van der Waals surface area contributed by atoms with E-state index in [1.165, 1.54) is 0 Å². The predicted octanol–water partition coefficient (Wildman–Crippen LogP) is 2.58. The molecule has 0 radical (unpaired) electrons. The van der Waals surface area contributed by atoms with Gasteiger partial charge in [0.2, 0.25) is 5.91 Å². The summed E-state index contributed by atoms with van der Waals surface area (Å²) in [6.45, 7) is 0.655. The maximum Gasteiger partial charge on any atom is 0.328 e. The van der Waals surface area contributed by atoms with E-state index in [1.807, 2.05) is 22.8 Å². The summed E-state index contributed by atoms with van der Waals surface area (Å²) in [7, 11) is 3.42. The van der Waals surface area contributed by atoms with E-state index in [0.717, 1.165) is 42.5 Å². The Morgan fingerprint density at radius 3 is 2.69 bits per heavy atom. The van der Waals surface area contributed by atoms with Gasteiger partial charge in [0, 0.05) is 38.0 Å². The van der Waals surface area contributed by atoms with Crippen molar-refractivity contribution < 1.29 is 9.53 Å². The van der Waals surface area contributed by atoms with Gasteiger partial charge in [0.05, 0.1) is 24.3 Å². The Labute approximate surface area is 168 Å². The van der Waals surface area contributed by atoms with E-state index in [2.05, 4.69) is 15.3 Å². The van der Waals surface area contributed by atoms with Gasteiger partial charge in [-0.3, -0.25) is 18.9 Å². The summed E-state index contributed by atoms with van der Waals surface area (Å²) in [5, 5.41) is 2.84. The van der Waals surface area contributed by atoms with Crippen molar-refractivity contribution in [1.82, 2.24) is 19.1 Å². The molecule has 0 atom stereocenters. The molecule has 2 aromatic heterocycles. The molecule has 1 aliphatic carbocycles. The monoisotopic (exact) mass is 395 g/mol. The molecule has 1 fully saturated rings. The number of nitrogens with zero attached hydrogens (tertiary/aromatic N) is 4. The van der Waals surface area contributed by atoms with Gasteiger partial charge in [0.1, 0.15) is 5.75 Å². The fraction of sp³-hybridized carbons (Fsp3) is 0.429. The van der Waals surface area contributed by atoms with Gasteiger partial charge < -0.3 is 10.1 Å². The number of fused-ring (bicyclic) bond motifs is 1. The van der Waals surface area contributed by atoms with Gasteiger partial charge in [-0.2, -0.15) is 0 Å². The molecule has 0 bridgehead atoms. The lowest BCUT2D eigenvalue weighted by Crippen LogP contribution is -2.31. The first-order chi connectivity index (χ1) is 14.1. The molecule has 0 unspecified atom stereocenters. The third-order valence-corrected chi connectivity index (χ3v) is 5.83. The van der Waals surface area contributed by atoms with Gasteiger partial charge in [0.25, 0.3) is 0 Å². The second-order valence-corrected chi connectivity index (χ2v) is 7.60. The van der Waals surface area contributed by atoms with Crippen LogP contribution in [0.5, 0.6) is 5.75 Å². The van der Waals surface area contributed by atoms with Gasteiger partial charge in [-0.1, -0.05) is 0 Å². The Morgan fingerprint density at radius 2 is 2.00 bits per heavy atom. The van der Waals surface area contributed by atoms with Crippen LogP contribution in [0.4, 0.5) is 5.82 Å². The van der Waals surface area contributed by atoms with Crippen LogP contribution in [0.25, 0.3) is 11.0 Å². The summed E-state index contributed by atoms with van der Waals surface area (Å²) >= 11 is 0. The highest BCUT2D eigenvalue weighted by Crippen LogP contribution is 2.31. The first-order valence-electron chi connectivity index (χ1n) is 9.87. The van der Waals surface area contributed by atoms with E-state index in [-0.39, 0.29) is 17.5 Å². The van der Waals surface area contributed by atoms with Crippen LogP contribution in [0.1, 0.15) is 25.7 Å². The Hall–Kier alpha value is -3.16. The number of anilines is 1. The molecular weight excluding hydrogens is 370 g/mol. The van der Waals surface area contributed by atoms with Crippen molar-refractivity contribution in [3.8, 4) is 5.75 Å². The van der Waals surface area contributed by atoms with Crippen molar-refractivity contribution in [2.75, 3.05) is 12.4 Å². The summed E-state index contributed by atoms with van der Waals surface area (Å²) in [6, 6.07) is 5.70. The normalized spacial score (nSPS) is 19.2. The second kappa shape index (κ2) is 8.06. The molecule has 29 heavy (non-hydrogen) atoms. The molecule has 2 heterocycles. The largest absolute Gasteiger partial charge is 0.497 e. The van der Waals surface area contributed by atoms with Gasteiger partial charge in [0.15, 0.2) is 5.82 Å². The maximum atomic E-state index is 12.7. The van der Waals surface area contributed by atoms with E-state index in [4.69, 9.17) is 4.74 Å². The number of carbonyl (C=O) groups excluding carboxylic acids is 1. The van der Waals surface area contributed by atoms with Gasteiger partial charge in [-0.25, -0.2) is 9.78 Å². The average Bonchev–Trinajstić information content (AvgIpc) is 2.99. The molecular formula is C21H25N5O3. The molecule has 1 amide bonds. The third kappa shape index (κ3) is 3.87. The summed E-state index contributed by atoms with van der Waals surface area (Å²) in [5.41, 5.74) is 1.77. The van der Waals surface area contributed by atoms with Crippen LogP contribution in [-0.2, 0) is 18.4 Å². The number of methoxy groups -OCH3 is 1. The zero-order valence-corrected chi connectivity index (χ0v) is 16.7. The van der Waals surface area contributed by atoms with Crippen LogP contribution < -0.4 is 15.7 Å². The molecule has 152 valence electrons. The van der Waals surface area contributed by atoms with E-state index >= 15 is 0 Å². The summed E-state index contributed by atoms with van der Waals surface area (Å²) in [5.74, 6) is 1.55. The standard InChI is InChI=1S/C21H25N5O3/c1-25-17-8-7-16(29-2)11-18(17)26(21(25)28)13-14-3-5-15(6-4-14)20(27)24-19-12-22-9-10-23-19/h7-12,14-15H,3-6,13H2,1-2H3,(H,23,24,27). The summed E-state index contributed by atoms with van der Waals surface area (Å²) < 4.78 is 8.84. The van der Waals surface area contributed by atoms with Crippen LogP contribution in [0, 0.1) is 11.8 Å².